The predicted octanol–water partition coefficient (Wildman–Crippen LogP) is 8.47. The molecular weight excluding hydrogens is 626 g/mol. The minimum absolute atomic E-state index is 0.269. The van der Waals surface area contributed by atoms with Gasteiger partial charge in [-0.15, -0.1) is 0 Å². The van der Waals surface area contributed by atoms with Crippen molar-refractivity contribution in [1.82, 2.24) is 15.0 Å². The van der Waals surface area contributed by atoms with Crippen molar-refractivity contribution in [3.05, 3.63) is 105 Å². The third-order valence-corrected chi connectivity index (χ3v) is 9.67. The maximum atomic E-state index is 6.60. The summed E-state index contributed by atoms with van der Waals surface area (Å²) >= 11 is 22.2. The van der Waals surface area contributed by atoms with Crippen molar-refractivity contribution in [3.8, 4) is 17.2 Å². The molecule has 186 valence electrons. The number of hydrogen-bond acceptors (Lipinski definition) is 6. The van der Waals surface area contributed by atoms with E-state index < -0.39 is 17.3 Å². The molecule has 0 fully saturated rings. The number of benzene rings is 3. The Kier molecular flexibility index (Phi) is 7.14. The van der Waals surface area contributed by atoms with Gasteiger partial charge >= 0.3 is 245 Å². The molecule has 3 aromatic carbocycles. The van der Waals surface area contributed by atoms with Crippen molar-refractivity contribution in [1.29, 1.82) is 0 Å². The molecule has 6 nitrogen and oxygen atoms in total. The molecule has 0 radical (unpaired) electrons. The summed E-state index contributed by atoms with van der Waals surface area (Å²) in [5.41, 5.74) is 1.62. The molecule has 38 heavy (non-hydrogen) atoms. The molecule has 0 bridgehead atoms. The van der Waals surface area contributed by atoms with E-state index in [0.29, 0.717) is 54.6 Å². The van der Waals surface area contributed by atoms with E-state index in [4.69, 9.17) is 57.0 Å². The van der Waals surface area contributed by atoms with Crippen LogP contribution < -0.4 is 10.6 Å². The number of hydrogen-bond donors (Lipinski definition) is 0. The molecule has 3 heterocycles. The van der Waals surface area contributed by atoms with Crippen LogP contribution in [0.25, 0.3) is 32.7 Å². The van der Waals surface area contributed by atoms with Crippen LogP contribution in [0.15, 0.2) is 85.3 Å². The Morgan fingerprint density at radius 1 is 0.526 bits per heavy atom. The van der Waals surface area contributed by atoms with Crippen LogP contribution in [0.1, 0.15) is 0 Å². The van der Waals surface area contributed by atoms with Gasteiger partial charge in [0.2, 0.25) is 0 Å². The number of para-hydroxylation sites is 1. The summed E-state index contributed by atoms with van der Waals surface area (Å²) in [5.74, 6) is 1.09. The zero-order valence-electron chi connectivity index (χ0n) is 19.2. The monoisotopic (exact) mass is 637 g/mol. The van der Waals surface area contributed by atoms with E-state index in [9.17, 15) is 0 Å². The molecule has 0 spiro atoms. The molecule has 3 aromatic heterocycles. The third kappa shape index (κ3) is 4.82. The Hall–Kier alpha value is -2.91. The summed E-state index contributed by atoms with van der Waals surface area (Å²) in [7, 11) is 0. The molecule has 11 heteroatoms. The van der Waals surface area contributed by atoms with Crippen LogP contribution in [0.3, 0.4) is 0 Å². The topological polar surface area (TPSA) is 66.4 Å². The fourth-order valence-electron chi connectivity index (χ4n) is 4.06. The van der Waals surface area contributed by atoms with Crippen LogP contribution in [0, 0.1) is 0 Å². The molecular formula is C27H14Cl4GaN3O3. The summed E-state index contributed by atoms with van der Waals surface area (Å²) in [6.45, 7) is 0. The zero-order valence-corrected chi connectivity index (χ0v) is 24.7. The fourth-order valence-corrected chi connectivity index (χ4v) is 8.44. The van der Waals surface area contributed by atoms with E-state index in [0.717, 1.165) is 5.39 Å². The van der Waals surface area contributed by atoms with E-state index in [1.54, 1.807) is 48.9 Å². The number of aromatic nitrogens is 3. The van der Waals surface area contributed by atoms with Gasteiger partial charge in [0.1, 0.15) is 0 Å². The molecule has 0 aliphatic rings. The van der Waals surface area contributed by atoms with Crippen LogP contribution in [0.2, 0.25) is 20.1 Å². The van der Waals surface area contributed by atoms with Crippen LogP contribution >= 0.6 is 46.4 Å². The summed E-state index contributed by atoms with van der Waals surface area (Å²) in [6, 6.07) is 19.9. The van der Waals surface area contributed by atoms with Crippen molar-refractivity contribution in [3.63, 3.8) is 0 Å². The summed E-state index contributed by atoms with van der Waals surface area (Å²) in [5, 5.41) is 3.70. The average Bonchev–Trinajstić information content (AvgIpc) is 2.93. The Morgan fingerprint density at radius 2 is 1.03 bits per heavy atom. The van der Waals surface area contributed by atoms with Crippen molar-refractivity contribution < 1.29 is 10.6 Å². The van der Waals surface area contributed by atoms with Gasteiger partial charge in [-0.25, -0.2) is 0 Å². The van der Waals surface area contributed by atoms with Gasteiger partial charge in [0.05, 0.1) is 0 Å². The first-order valence-corrected chi connectivity index (χ1v) is 15.8. The van der Waals surface area contributed by atoms with Crippen molar-refractivity contribution in [2.75, 3.05) is 0 Å². The first-order valence-electron chi connectivity index (χ1n) is 11.3. The van der Waals surface area contributed by atoms with Gasteiger partial charge in [-0.2, -0.15) is 0 Å². The second-order valence-electron chi connectivity index (χ2n) is 8.11. The summed E-state index contributed by atoms with van der Waals surface area (Å²) in [6.07, 6.45) is 4.96. The molecule has 0 N–H and O–H groups in total. The minimum atomic E-state index is -3.83. The molecule has 0 atom stereocenters. The summed E-state index contributed by atoms with van der Waals surface area (Å²) < 4.78 is 19.3. The van der Waals surface area contributed by atoms with Gasteiger partial charge in [-0.3, -0.25) is 0 Å². The fraction of sp³-hybridized carbons (Fsp3) is 0. The van der Waals surface area contributed by atoms with Gasteiger partial charge in [-0.05, 0) is 0 Å². The van der Waals surface area contributed by atoms with Crippen LogP contribution in [0.4, 0.5) is 0 Å². The molecule has 0 saturated carbocycles. The van der Waals surface area contributed by atoms with Crippen molar-refractivity contribution in [2.45, 2.75) is 0 Å². The molecule has 0 saturated heterocycles. The molecule has 0 amide bonds. The quantitative estimate of drug-likeness (QED) is 0.170. The summed E-state index contributed by atoms with van der Waals surface area (Å²) in [4.78, 5) is 13.4. The van der Waals surface area contributed by atoms with Gasteiger partial charge in [-0.1, -0.05) is 0 Å². The third-order valence-electron chi connectivity index (χ3n) is 5.75. The van der Waals surface area contributed by atoms with E-state index in [2.05, 4.69) is 15.0 Å². The van der Waals surface area contributed by atoms with Crippen molar-refractivity contribution >= 4 is 96.4 Å². The van der Waals surface area contributed by atoms with Gasteiger partial charge in [0.25, 0.3) is 0 Å². The van der Waals surface area contributed by atoms with E-state index in [1.165, 1.54) is 0 Å². The Labute approximate surface area is 243 Å². The second kappa shape index (κ2) is 10.7. The molecule has 0 unspecified atom stereocenters. The van der Waals surface area contributed by atoms with Crippen molar-refractivity contribution in [2.24, 2.45) is 0 Å². The molecule has 6 aromatic rings. The number of nitrogens with zero attached hydrogens (tertiary/aromatic N) is 3. The number of fused-ring (bicyclic) bond motifs is 3. The Balaban J connectivity index is 1.49. The molecule has 6 rings (SSSR count). The maximum absolute atomic E-state index is 6.60. The average molecular weight is 640 g/mol. The van der Waals surface area contributed by atoms with Crippen LogP contribution in [0.5, 0.6) is 17.2 Å². The van der Waals surface area contributed by atoms with E-state index in [-0.39, 0.29) is 10.0 Å². The van der Waals surface area contributed by atoms with Gasteiger partial charge < -0.3 is 0 Å². The SMILES string of the molecule is Clc1cc(Cl)c2cccnc2c1[O][Ga]([O]c1cccc2cccnc12)[O]c1c(Cl)cc(Cl)c2cccnc12. The standard InChI is InChI=1S/2C9H5Cl2NO.C9H7NO.Ga/c2*10-6-4-7(11)9(13)8-5(6)2-1-3-12-8;11-8-5-1-3-7-4-2-6-10-9(7)8;/h2*1-4,13H;1-6,11H;/q;;;+3/p-3. The first kappa shape index (κ1) is 25.4. The van der Waals surface area contributed by atoms with Crippen LogP contribution in [-0.2, 0) is 0 Å². The molecule has 0 aliphatic heterocycles. The molecule has 0 aliphatic carbocycles. The van der Waals surface area contributed by atoms with E-state index in [1.807, 2.05) is 36.4 Å². The van der Waals surface area contributed by atoms with Gasteiger partial charge in [0.15, 0.2) is 0 Å². The number of rotatable bonds is 6. The van der Waals surface area contributed by atoms with Gasteiger partial charge in [0, 0.05) is 0 Å². The second-order valence-corrected chi connectivity index (χ2v) is 12.4. The predicted molar refractivity (Wildman–Crippen MR) is 153 cm³/mol. The zero-order chi connectivity index (χ0) is 26.2. The first-order chi connectivity index (χ1) is 18.5. The normalized spacial score (nSPS) is 11.2. The number of halogens is 4. The van der Waals surface area contributed by atoms with E-state index >= 15 is 0 Å². The Bertz CT molecular complexity index is 1740. The Morgan fingerprint density at radius 3 is 1.61 bits per heavy atom. The van der Waals surface area contributed by atoms with Crippen LogP contribution in [-0.4, -0.2) is 32.3 Å². The number of pyridine rings is 3.